The summed E-state index contributed by atoms with van der Waals surface area (Å²) in [6.45, 7) is 1.18. The molecular weight excluding hydrogens is 170 g/mol. The largest absolute Gasteiger partial charge is 0.481 e. The normalized spacial score (nSPS) is 9.69. The zero-order chi connectivity index (χ0) is 9.52. The van der Waals surface area contributed by atoms with Crippen LogP contribution in [0.2, 0.25) is 0 Å². The van der Waals surface area contributed by atoms with E-state index >= 15 is 0 Å². The van der Waals surface area contributed by atoms with E-state index in [2.05, 4.69) is 9.97 Å². The highest BCUT2D eigenvalue weighted by Gasteiger charge is 1.98. The molecular formula is C8H13N3O2. The molecule has 72 valence electrons. The smallest absolute Gasteiger partial charge is 0.220 e. The van der Waals surface area contributed by atoms with Crippen LogP contribution in [0.3, 0.4) is 0 Å². The summed E-state index contributed by atoms with van der Waals surface area (Å²) in [5.41, 5.74) is 5.31. The number of ether oxygens (including phenoxy) is 2. The van der Waals surface area contributed by atoms with Crippen LogP contribution in [0.1, 0.15) is 6.42 Å². The molecule has 0 fully saturated rings. The van der Waals surface area contributed by atoms with Gasteiger partial charge < -0.3 is 15.2 Å². The summed E-state index contributed by atoms with van der Waals surface area (Å²) < 4.78 is 10.2. The summed E-state index contributed by atoms with van der Waals surface area (Å²) in [6.07, 6.45) is 2.21. The molecule has 5 heteroatoms. The van der Waals surface area contributed by atoms with Crippen LogP contribution in [0.25, 0.3) is 0 Å². The Morgan fingerprint density at radius 1 is 1.38 bits per heavy atom. The van der Waals surface area contributed by atoms with Gasteiger partial charge in [-0.15, -0.1) is 0 Å². The van der Waals surface area contributed by atoms with E-state index in [0.717, 1.165) is 6.42 Å². The number of hydrogen-bond donors (Lipinski definition) is 1. The van der Waals surface area contributed by atoms with Gasteiger partial charge in [-0.05, 0) is 13.0 Å². The van der Waals surface area contributed by atoms with Crippen LogP contribution in [0.4, 0.5) is 0 Å². The number of methoxy groups -OCH3 is 1. The van der Waals surface area contributed by atoms with E-state index in [1.807, 2.05) is 0 Å². The lowest BCUT2D eigenvalue weighted by molar-refractivity contribution is 0.297. The van der Waals surface area contributed by atoms with Gasteiger partial charge in [-0.1, -0.05) is 0 Å². The third-order valence-corrected chi connectivity index (χ3v) is 1.42. The number of nitrogens with zero attached hydrogens (tertiary/aromatic N) is 2. The fraction of sp³-hybridized carbons (Fsp3) is 0.500. The van der Waals surface area contributed by atoms with E-state index in [9.17, 15) is 0 Å². The van der Waals surface area contributed by atoms with Crippen molar-refractivity contribution in [3.63, 3.8) is 0 Å². The molecule has 0 saturated heterocycles. The lowest BCUT2D eigenvalue weighted by Crippen LogP contribution is -2.07. The second-order valence-corrected chi connectivity index (χ2v) is 2.39. The van der Waals surface area contributed by atoms with Gasteiger partial charge in [-0.25, -0.2) is 9.97 Å². The molecule has 0 aliphatic heterocycles. The molecule has 0 bridgehead atoms. The van der Waals surface area contributed by atoms with E-state index in [1.165, 1.54) is 6.33 Å². The maximum absolute atomic E-state index is 5.31. The van der Waals surface area contributed by atoms with E-state index in [-0.39, 0.29) is 0 Å². The first-order valence-corrected chi connectivity index (χ1v) is 4.05. The molecule has 0 aliphatic rings. The number of hydrogen-bond acceptors (Lipinski definition) is 5. The van der Waals surface area contributed by atoms with E-state index in [1.54, 1.807) is 13.2 Å². The van der Waals surface area contributed by atoms with Crippen molar-refractivity contribution in [2.24, 2.45) is 5.73 Å². The predicted octanol–water partition coefficient (Wildman–Crippen LogP) is 0.213. The predicted molar refractivity (Wildman–Crippen MR) is 47.8 cm³/mol. The van der Waals surface area contributed by atoms with Crippen LogP contribution in [-0.2, 0) is 0 Å². The van der Waals surface area contributed by atoms with Crippen molar-refractivity contribution in [3.05, 3.63) is 12.4 Å². The molecule has 0 unspecified atom stereocenters. The van der Waals surface area contributed by atoms with Crippen LogP contribution in [-0.4, -0.2) is 30.2 Å². The second kappa shape index (κ2) is 5.31. The van der Waals surface area contributed by atoms with E-state index in [0.29, 0.717) is 24.9 Å². The lowest BCUT2D eigenvalue weighted by atomic mass is 10.5. The Hall–Kier alpha value is -1.36. The molecule has 0 aromatic carbocycles. The number of rotatable bonds is 5. The average molecular weight is 183 g/mol. The first-order chi connectivity index (χ1) is 6.36. The average Bonchev–Trinajstić information content (AvgIpc) is 2.19. The van der Waals surface area contributed by atoms with Gasteiger partial charge in [0.05, 0.1) is 19.8 Å². The SMILES string of the molecule is COc1cc(OCCCN)ncn1. The van der Waals surface area contributed by atoms with E-state index in [4.69, 9.17) is 15.2 Å². The van der Waals surface area contributed by atoms with Crippen LogP contribution in [0, 0.1) is 0 Å². The summed E-state index contributed by atoms with van der Waals surface area (Å²) in [4.78, 5) is 7.75. The molecule has 5 nitrogen and oxygen atoms in total. The summed E-state index contributed by atoms with van der Waals surface area (Å²) in [6, 6.07) is 1.64. The van der Waals surface area contributed by atoms with Crippen molar-refractivity contribution in [1.29, 1.82) is 0 Å². The highest BCUT2D eigenvalue weighted by atomic mass is 16.5. The fourth-order valence-corrected chi connectivity index (χ4v) is 0.773. The molecule has 0 aliphatic carbocycles. The molecule has 0 amide bonds. The molecule has 2 N–H and O–H groups in total. The van der Waals surface area contributed by atoms with Gasteiger partial charge in [0.25, 0.3) is 0 Å². The summed E-state index contributed by atoms with van der Waals surface area (Å²) in [5.74, 6) is 1.01. The van der Waals surface area contributed by atoms with Gasteiger partial charge in [-0.3, -0.25) is 0 Å². The maximum atomic E-state index is 5.31. The Morgan fingerprint density at radius 3 is 2.85 bits per heavy atom. The van der Waals surface area contributed by atoms with Crippen molar-refractivity contribution in [1.82, 2.24) is 9.97 Å². The first kappa shape index (κ1) is 9.73. The molecule has 0 radical (unpaired) electrons. The molecule has 0 atom stereocenters. The van der Waals surface area contributed by atoms with Crippen molar-refractivity contribution in [2.45, 2.75) is 6.42 Å². The zero-order valence-corrected chi connectivity index (χ0v) is 7.56. The van der Waals surface area contributed by atoms with Crippen LogP contribution in [0.5, 0.6) is 11.8 Å². The number of aromatic nitrogens is 2. The van der Waals surface area contributed by atoms with Crippen molar-refractivity contribution in [3.8, 4) is 11.8 Å². The second-order valence-electron chi connectivity index (χ2n) is 2.39. The Labute approximate surface area is 76.9 Å². The highest BCUT2D eigenvalue weighted by molar-refractivity contribution is 5.17. The Balaban J connectivity index is 2.46. The monoisotopic (exact) mass is 183 g/mol. The zero-order valence-electron chi connectivity index (χ0n) is 7.56. The summed E-state index contributed by atoms with van der Waals surface area (Å²) in [7, 11) is 1.55. The summed E-state index contributed by atoms with van der Waals surface area (Å²) in [5, 5.41) is 0. The molecule has 0 saturated carbocycles. The minimum atomic E-state index is 0.498. The first-order valence-electron chi connectivity index (χ1n) is 4.05. The Bertz CT molecular complexity index is 255. The van der Waals surface area contributed by atoms with Gasteiger partial charge in [0.1, 0.15) is 6.33 Å². The fourth-order valence-electron chi connectivity index (χ4n) is 0.773. The molecule has 1 aromatic heterocycles. The van der Waals surface area contributed by atoms with Gasteiger partial charge >= 0.3 is 0 Å². The molecule has 13 heavy (non-hydrogen) atoms. The van der Waals surface area contributed by atoms with Gasteiger partial charge in [0.15, 0.2) is 0 Å². The van der Waals surface area contributed by atoms with Gasteiger partial charge in [0.2, 0.25) is 11.8 Å². The van der Waals surface area contributed by atoms with Crippen LogP contribution in [0.15, 0.2) is 12.4 Å². The van der Waals surface area contributed by atoms with E-state index < -0.39 is 0 Å². The molecule has 1 rings (SSSR count). The highest BCUT2D eigenvalue weighted by Crippen LogP contribution is 2.11. The standard InChI is InChI=1S/C8H13N3O2/c1-12-7-5-8(11-6-10-7)13-4-2-3-9/h5-6H,2-4,9H2,1H3. The Morgan fingerprint density at radius 2 is 2.15 bits per heavy atom. The lowest BCUT2D eigenvalue weighted by Gasteiger charge is -2.04. The molecule has 1 aromatic rings. The maximum Gasteiger partial charge on any atom is 0.220 e. The molecule has 1 heterocycles. The number of nitrogens with two attached hydrogens (primary N) is 1. The molecule has 0 spiro atoms. The Kier molecular flexibility index (Phi) is 3.98. The van der Waals surface area contributed by atoms with Crippen LogP contribution >= 0.6 is 0 Å². The third-order valence-electron chi connectivity index (χ3n) is 1.42. The van der Waals surface area contributed by atoms with Crippen molar-refractivity contribution < 1.29 is 9.47 Å². The minimum absolute atomic E-state index is 0.498. The third kappa shape index (κ3) is 3.25. The minimum Gasteiger partial charge on any atom is -0.481 e. The van der Waals surface area contributed by atoms with Gasteiger partial charge in [-0.2, -0.15) is 0 Å². The summed E-state index contributed by atoms with van der Waals surface area (Å²) >= 11 is 0. The van der Waals surface area contributed by atoms with Crippen LogP contribution < -0.4 is 15.2 Å². The topological polar surface area (TPSA) is 70.3 Å². The van der Waals surface area contributed by atoms with Crippen molar-refractivity contribution in [2.75, 3.05) is 20.3 Å². The van der Waals surface area contributed by atoms with Crippen molar-refractivity contribution >= 4 is 0 Å². The van der Waals surface area contributed by atoms with Gasteiger partial charge in [0, 0.05) is 0 Å². The quantitative estimate of drug-likeness (QED) is 0.661.